The van der Waals surface area contributed by atoms with E-state index in [0.717, 1.165) is 56.3 Å². The number of thioether (sulfide) groups is 1. The molecule has 2 aliphatic carbocycles. The van der Waals surface area contributed by atoms with Crippen molar-refractivity contribution in [2.45, 2.75) is 30.3 Å². The molecule has 48 heavy (non-hydrogen) atoms. The second-order valence-corrected chi connectivity index (χ2v) is 12.7. The maximum absolute atomic E-state index is 12.6. The highest BCUT2D eigenvalue weighted by Crippen LogP contribution is 2.45. The molecule has 0 saturated carbocycles. The Morgan fingerprint density at radius 1 is 0.583 bits per heavy atom. The molecule has 246 valence electrons. The number of amides is 2. The maximum atomic E-state index is 12.6. The third-order valence-corrected chi connectivity index (χ3v) is 9.80. The number of carbonyl (C=O) groups excluding carboxylic acids is 2. The SMILES string of the molecule is O=C(N[C@@H](CSCC[C@@H](NC(=O)OCC1c2ccccc2-c2ccccc21)C(=O)O)C(=O)O)OCC1c2ccccc2-c2ccccc21. The minimum atomic E-state index is -1.26. The van der Waals surface area contributed by atoms with E-state index in [-0.39, 0.29) is 43.0 Å². The first-order valence-corrected chi connectivity index (χ1v) is 16.7. The number of carboxylic acids is 2. The predicted molar refractivity (Wildman–Crippen MR) is 181 cm³/mol. The van der Waals surface area contributed by atoms with Crippen LogP contribution in [0.3, 0.4) is 0 Å². The Morgan fingerprint density at radius 3 is 1.31 bits per heavy atom. The van der Waals surface area contributed by atoms with Crippen LogP contribution in [0.1, 0.15) is 40.5 Å². The zero-order valence-electron chi connectivity index (χ0n) is 25.8. The lowest BCUT2D eigenvalue weighted by molar-refractivity contribution is -0.140. The lowest BCUT2D eigenvalue weighted by Crippen LogP contribution is -2.43. The lowest BCUT2D eigenvalue weighted by Gasteiger charge is -2.18. The predicted octanol–water partition coefficient (Wildman–Crippen LogP) is 6.09. The first kappa shape index (κ1) is 32.6. The van der Waals surface area contributed by atoms with E-state index in [2.05, 4.69) is 10.6 Å². The van der Waals surface area contributed by atoms with E-state index in [1.165, 1.54) is 0 Å². The Labute approximate surface area is 281 Å². The zero-order chi connectivity index (χ0) is 33.6. The van der Waals surface area contributed by atoms with Crippen molar-refractivity contribution in [2.75, 3.05) is 24.7 Å². The molecule has 4 aromatic carbocycles. The standard InChI is InChI=1S/C37H34N2O8S/c40-34(41)32(38-36(44)46-19-30-26-13-5-1-9-22(26)23-10-2-6-14-27(23)30)17-18-48-21-33(35(42)43)39-37(45)47-20-31-28-15-7-3-11-24(28)25-12-4-8-16-29(25)31/h1-16,30-33H,17-21H2,(H,38,44)(H,39,45)(H,40,41)(H,42,43)/t32-,33+/m1/s1. The van der Waals surface area contributed by atoms with Crippen LogP contribution in [0.2, 0.25) is 0 Å². The first-order valence-electron chi connectivity index (χ1n) is 15.6. The summed E-state index contributed by atoms with van der Waals surface area (Å²) in [5.41, 5.74) is 8.47. The van der Waals surface area contributed by atoms with Gasteiger partial charge in [0, 0.05) is 17.6 Å². The van der Waals surface area contributed by atoms with Crippen LogP contribution < -0.4 is 10.6 Å². The smallest absolute Gasteiger partial charge is 0.407 e. The molecule has 0 fully saturated rings. The molecule has 0 spiro atoms. The number of aliphatic carboxylic acids is 2. The van der Waals surface area contributed by atoms with Crippen molar-refractivity contribution >= 4 is 35.9 Å². The summed E-state index contributed by atoms with van der Waals surface area (Å²) in [5.74, 6) is -2.65. The average Bonchev–Trinajstić information content (AvgIpc) is 3.59. The molecule has 2 aliphatic rings. The third-order valence-electron chi connectivity index (χ3n) is 8.70. The van der Waals surface area contributed by atoms with Gasteiger partial charge >= 0.3 is 24.1 Å². The summed E-state index contributed by atoms with van der Waals surface area (Å²) < 4.78 is 11.0. The van der Waals surface area contributed by atoms with E-state index in [4.69, 9.17) is 9.47 Å². The minimum absolute atomic E-state index is 0.0154. The van der Waals surface area contributed by atoms with Crippen LogP contribution in [0.4, 0.5) is 9.59 Å². The topological polar surface area (TPSA) is 151 Å². The lowest BCUT2D eigenvalue weighted by atomic mass is 9.98. The van der Waals surface area contributed by atoms with Crippen LogP contribution in [-0.4, -0.2) is 71.1 Å². The molecular weight excluding hydrogens is 632 g/mol. The van der Waals surface area contributed by atoms with Gasteiger partial charge in [-0.25, -0.2) is 19.2 Å². The fourth-order valence-corrected chi connectivity index (χ4v) is 7.43. The number of hydrogen-bond acceptors (Lipinski definition) is 7. The average molecular weight is 667 g/mol. The molecule has 0 unspecified atom stereocenters. The molecule has 0 aromatic heterocycles. The second-order valence-electron chi connectivity index (χ2n) is 11.6. The summed E-state index contributed by atoms with van der Waals surface area (Å²) in [6.07, 6.45) is -1.69. The maximum Gasteiger partial charge on any atom is 0.407 e. The third kappa shape index (κ3) is 7.01. The van der Waals surface area contributed by atoms with Crippen molar-refractivity contribution in [3.8, 4) is 22.3 Å². The van der Waals surface area contributed by atoms with Gasteiger partial charge in [0.25, 0.3) is 0 Å². The van der Waals surface area contributed by atoms with E-state index in [1.807, 2.05) is 97.1 Å². The van der Waals surface area contributed by atoms with Gasteiger partial charge in [-0.15, -0.1) is 0 Å². The van der Waals surface area contributed by atoms with Crippen molar-refractivity contribution in [1.29, 1.82) is 0 Å². The number of nitrogens with one attached hydrogen (secondary N) is 2. The first-order chi connectivity index (χ1) is 23.3. The second kappa shape index (κ2) is 14.6. The van der Waals surface area contributed by atoms with Crippen LogP contribution in [0.25, 0.3) is 22.3 Å². The Hall–Kier alpha value is -5.29. The van der Waals surface area contributed by atoms with Crippen LogP contribution in [0.5, 0.6) is 0 Å². The number of hydrogen-bond donors (Lipinski definition) is 4. The summed E-state index contributed by atoms with van der Waals surface area (Å²) in [6.45, 7) is 0.0873. The highest BCUT2D eigenvalue weighted by Gasteiger charge is 2.31. The van der Waals surface area contributed by atoms with Crippen LogP contribution in [0, 0.1) is 0 Å². The number of carboxylic acid groups (broad SMARTS) is 2. The van der Waals surface area contributed by atoms with Gasteiger partial charge in [0.2, 0.25) is 0 Å². The highest BCUT2D eigenvalue weighted by atomic mass is 32.2. The number of alkyl carbamates (subject to hydrolysis) is 2. The van der Waals surface area contributed by atoms with E-state index >= 15 is 0 Å². The Balaban J connectivity index is 0.957. The Morgan fingerprint density at radius 2 is 0.938 bits per heavy atom. The Bertz CT molecular complexity index is 1620. The molecule has 0 saturated heterocycles. The monoisotopic (exact) mass is 666 g/mol. The molecule has 4 N–H and O–H groups in total. The van der Waals surface area contributed by atoms with Crippen molar-refractivity contribution in [3.05, 3.63) is 119 Å². The van der Waals surface area contributed by atoms with Gasteiger partial charge in [-0.3, -0.25) is 0 Å². The van der Waals surface area contributed by atoms with Crippen molar-refractivity contribution in [1.82, 2.24) is 10.6 Å². The van der Waals surface area contributed by atoms with Crippen LogP contribution >= 0.6 is 11.8 Å². The van der Waals surface area contributed by atoms with E-state index in [0.29, 0.717) is 0 Å². The number of ether oxygens (including phenoxy) is 2. The molecule has 0 bridgehead atoms. The fourth-order valence-electron chi connectivity index (χ4n) is 6.40. The van der Waals surface area contributed by atoms with Gasteiger partial charge in [0.05, 0.1) is 0 Å². The van der Waals surface area contributed by atoms with Crippen LogP contribution in [-0.2, 0) is 19.1 Å². The number of fused-ring (bicyclic) bond motifs is 6. The molecule has 2 amide bonds. The summed E-state index contributed by atoms with van der Waals surface area (Å²) in [4.78, 5) is 49.1. The van der Waals surface area contributed by atoms with E-state index < -0.39 is 36.2 Å². The minimum Gasteiger partial charge on any atom is -0.480 e. The molecule has 4 aromatic rings. The van der Waals surface area contributed by atoms with E-state index in [9.17, 15) is 29.4 Å². The van der Waals surface area contributed by atoms with Gasteiger partial charge in [0.15, 0.2) is 0 Å². The summed E-state index contributed by atoms with van der Waals surface area (Å²) in [5, 5.41) is 24.2. The summed E-state index contributed by atoms with van der Waals surface area (Å²) >= 11 is 1.14. The number of rotatable bonds is 13. The van der Waals surface area contributed by atoms with E-state index in [1.54, 1.807) is 0 Å². The summed E-state index contributed by atoms with van der Waals surface area (Å²) in [7, 11) is 0. The van der Waals surface area contributed by atoms with Crippen molar-refractivity contribution in [2.24, 2.45) is 0 Å². The van der Waals surface area contributed by atoms with Gasteiger partial charge in [-0.05, 0) is 56.7 Å². The molecule has 10 nitrogen and oxygen atoms in total. The fraction of sp³-hybridized carbons (Fsp3) is 0.243. The molecule has 0 aliphatic heterocycles. The molecule has 0 heterocycles. The quantitative estimate of drug-likeness (QED) is 0.124. The number of carbonyl (C=O) groups is 4. The van der Waals surface area contributed by atoms with Gasteiger partial charge in [0.1, 0.15) is 25.3 Å². The largest absolute Gasteiger partial charge is 0.480 e. The number of benzene rings is 4. The van der Waals surface area contributed by atoms with Crippen molar-refractivity contribution < 1.29 is 38.9 Å². The van der Waals surface area contributed by atoms with Crippen molar-refractivity contribution in [3.63, 3.8) is 0 Å². The molecule has 0 radical (unpaired) electrons. The molecular formula is C37H34N2O8S. The van der Waals surface area contributed by atoms with Gasteiger partial charge < -0.3 is 30.3 Å². The highest BCUT2D eigenvalue weighted by molar-refractivity contribution is 7.99. The molecule has 6 rings (SSSR count). The Kier molecular flexibility index (Phi) is 9.96. The van der Waals surface area contributed by atoms with Gasteiger partial charge in [-0.2, -0.15) is 11.8 Å². The van der Waals surface area contributed by atoms with Crippen LogP contribution in [0.15, 0.2) is 97.1 Å². The zero-order valence-corrected chi connectivity index (χ0v) is 26.7. The molecule has 11 heteroatoms. The normalized spacial score (nSPS) is 14.1. The van der Waals surface area contributed by atoms with Gasteiger partial charge in [-0.1, -0.05) is 97.1 Å². The molecule has 2 atom stereocenters. The summed E-state index contributed by atoms with van der Waals surface area (Å²) in [6, 6.07) is 29.1.